The molecular formula is C31H52N2O2. The lowest BCUT2D eigenvalue weighted by Gasteiger charge is -2.33. The number of nitrogens with one attached hydrogen (secondary N) is 2. The van der Waals surface area contributed by atoms with E-state index in [0.717, 1.165) is 82.7 Å². The van der Waals surface area contributed by atoms with Crippen molar-refractivity contribution in [2.24, 2.45) is 5.92 Å². The van der Waals surface area contributed by atoms with E-state index in [4.69, 9.17) is 9.47 Å². The lowest BCUT2D eigenvalue weighted by atomic mass is 9.73. The van der Waals surface area contributed by atoms with Gasteiger partial charge in [-0.15, -0.1) is 0 Å². The summed E-state index contributed by atoms with van der Waals surface area (Å²) in [5.41, 5.74) is 5.28. The molecule has 0 unspecified atom stereocenters. The summed E-state index contributed by atoms with van der Waals surface area (Å²) in [4.78, 5) is 0. The Balaban J connectivity index is 2.43. The minimum absolute atomic E-state index is 0.255. The maximum Gasteiger partial charge on any atom is 0.127 e. The molecule has 4 heteroatoms. The van der Waals surface area contributed by atoms with E-state index in [-0.39, 0.29) is 5.92 Å². The van der Waals surface area contributed by atoms with E-state index in [1.165, 1.54) is 41.5 Å². The second-order valence-corrected chi connectivity index (χ2v) is 10.3. The van der Waals surface area contributed by atoms with Gasteiger partial charge in [0, 0.05) is 11.5 Å². The van der Waals surface area contributed by atoms with Crippen LogP contribution in [0.4, 0.5) is 0 Å². The molecule has 1 aromatic carbocycles. The zero-order valence-electron chi connectivity index (χ0n) is 23.3. The molecule has 4 nitrogen and oxygen atoms in total. The summed E-state index contributed by atoms with van der Waals surface area (Å²) in [6, 6.07) is 4.62. The van der Waals surface area contributed by atoms with E-state index < -0.39 is 0 Å². The molecule has 0 aliphatic heterocycles. The smallest absolute Gasteiger partial charge is 0.127 e. The molecule has 0 fully saturated rings. The number of ether oxygens (including phenoxy) is 2. The fourth-order valence-electron chi connectivity index (χ4n) is 5.02. The van der Waals surface area contributed by atoms with Crippen LogP contribution in [0.2, 0.25) is 0 Å². The van der Waals surface area contributed by atoms with Crippen molar-refractivity contribution in [2.45, 2.75) is 90.9 Å². The Morgan fingerprint density at radius 2 is 1.54 bits per heavy atom. The van der Waals surface area contributed by atoms with Gasteiger partial charge in [0.15, 0.2) is 0 Å². The molecule has 1 aromatic rings. The van der Waals surface area contributed by atoms with Crippen LogP contribution in [-0.2, 0) is 6.42 Å². The minimum atomic E-state index is 0.255. The Hall–Kier alpha value is -1.78. The number of rotatable bonds is 18. The number of benzene rings is 1. The van der Waals surface area contributed by atoms with Crippen molar-refractivity contribution in [1.29, 1.82) is 0 Å². The highest BCUT2D eigenvalue weighted by atomic mass is 16.5. The Morgan fingerprint density at radius 3 is 2.06 bits per heavy atom. The second-order valence-electron chi connectivity index (χ2n) is 10.3. The highest BCUT2D eigenvalue weighted by Gasteiger charge is 2.31. The van der Waals surface area contributed by atoms with E-state index >= 15 is 0 Å². The van der Waals surface area contributed by atoms with Crippen LogP contribution in [0.5, 0.6) is 11.5 Å². The van der Waals surface area contributed by atoms with Gasteiger partial charge < -0.3 is 20.1 Å². The van der Waals surface area contributed by atoms with Gasteiger partial charge in [0.25, 0.3) is 0 Å². The fraction of sp³-hybridized carbons (Fsp3) is 0.677. The quantitative estimate of drug-likeness (QED) is 0.171. The second kappa shape index (κ2) is 16.8. The number of hydrogen-bond donors (Lipinski definition) is 2. The number of aryl methyl sites for hydroxylation is 1. The molecule has 0 radical (unpaired) electrons. The summed E-state index contributed by atoms with van der Waals surface area (Å²) in [7, 11) is 4.02. The van der Waals surface area contributed by atoms with Crippen LogP contribution in [0, 0.1) is 5.92 Å². The predicted octanol–water partition coefficient (Wildman–Crippen LogP) is 7.19. The standard InChI is InChI=1S/C31H52N2O2/c1-7-8-9-14-26-22-29(34-19-12-10-17-32-5)31(30(23-26)35-20-13-11-18-33-6)28-21-25(4)15-16-27(28)24(2)3/h21-23,27-28,32-33H,2,7-20H2,1,3-6H3/t27-,28+/m0/s1. The summed E-state index contributed by atoms with van der Waals surface area (Å²) < 4.78 is 13.1. The first kappa shape index (κ1) is 29.5. The van der Waals surface area contributed by atoms with E-state index in [0.29, 0.717) is 5.92 Å². The molecule has 0 spiro atoms. The first-order chi connectivity index (χ1) is 17.0. The molecule has 0 heterocycles. The lowest BCUT2D eigenvalue weighted by molar-refractivity contribution is 0.279. The summed E-state index contributed by atoms with van der Waals surface area (Å²) in [6.45, 7) is 14.6. The van der Waals surface area contributed by atoms with Crippen molar-refractivity contribution in [3.8, 4) is 11.5 Å². The van der Waals surface area contributed by atoms with Gasteiger partial charge in [-0.1, -0.05) is 43.6 Å². The molecule has 0 aromatic heterocycles. The monoisotopic (exact) mass is 484 g/mol. The van der Waals surface area contributed by atoms with Crippen molar-refractivity contribution in [3.63, 3.8) is 0 Å². The lowest BCUT2D eigenvalue weighted by Crippen LogP contribution is -2.19. The Kier molecular flexibility index (Phi) is 14.1. The zero-order chi connectivity index (χ0) is 25.5. The van der Waals surface area contributed by atoms with Gasteiger partial charge in [0.05, 0.1) is 13.2 Å². The Morgan fingerprint density at radius 1 is 0.943 bits per heavy atom. The van der Waals surface area contributed by atoms with Gasteiger partial charge in [-0.05, 0) is 116 Å². The van der Waals surface area contributed by atoms with Crippen LogP contribution in [0.1, 0.15) is 95.6 Å². The molecule has 2 rings (SSSR count). The van der Waals surface area contributed by atoms with Crippen molar-refractivity contribution in [3.05, 3.63) is 47.1 Å². The SMILES string of the molecule is C=C(C)[C@@H]1CCC(C)=C[C@H]1c1c(OCCCCNC)cc(CCCCC)cc1OCCCCNC. The fourth-order valence-corrected chi connectivity index (χ4v) is 5.02. The molecule has 2 atom stereocenters. The van der Waals surface area contributed by atoms with Crippen LogP contribution in [0.25, 0.3) is 0 Å². The topological polar surface area (TPSA) is 42.5 Å². The van der Waals surface area contributed by atoms with Gasteiger partial charge in [-0.3, -0.25) is 0 Å². The minimum Gasteiger partial charge on any atom is -0.493 e. The van der Waals surface area contributed by atoms with E-state index in [1.54, 1.807) is 0 Å². The average Bonchev–Trinajstić information content (AvgIpc) is 2.83. The van der Waals surface area contributed by atoms with Crippen molar-refractivity contribution in [2.75, 3.05) is 40.4 Å². The highest BCUT2D eigenvalue weighted by Crippen LogP contribution is 2.47. The maximum atomic E-state index is 6.56. The van der Waals surface area contributed by atoms with Crippen LogP contribution in [0.15, 0.2) is 35.9 Å². The molecule has 35 heavy (non-hydrogen) atoms. The summed E-state index contributed by atoms with van der Waals surface area (Å²) in [5, 5.41) is 6.48. The summed E-state index contributed by atoms with van der Waals surface area (Å²) in [6.07, 6.45) is 13.8. The maximum absolute atomic E-state index is 6.56. The molecule has 1 aliphatic carbocycles. The van der Waals surface area contributed by atoms with Gasteiger partial charge in [0.1, 0.15) is 11.5 Å². The molecular weight excluding hydrogens is 432 g/mol. The molecule has 198 valence electrons. The van der Waals surface area contributed by atoms with Gasteiger partial charge in [-0.25, -0.2) is 0 Å². The molecule has 0 saturated carbocycles. The molecule has 0 amide bonds. The van der Waals surface area contributed by atoms with Crippen molar-refractivity contribution < 1.29 is 9.47 Å². The number of unbranched alkanes of at least 4 members (excludes halogenated alkanes) is 4. The van der Waals surface area contributed by atoms with Crippen molar-refractivity contribution in [1.82, 2.24) is 10.6 Å². The van der Waals surface area contributed by atoms with Crippen LogP contribution < -0.4 is 20.1 Å². The highest BCUT2D eigenvalue weighted by molar-refractivity contribution is 5.53. The third-order valence-corrected chi connectivity index (χ3v) is 7.10. The Bertz CT molecular complexity index is 751. The van der Waals surface area contributed by atoms with Crippen LogP contribution in [0.3, 0.4) is 0 Å². The summed E-state index contributed by atoms with van der Waals surface area (Å²) in [5.74, 6) is 2.72. The molecule has 2 N–H and O–H groups in total. The zero-order valence-corrected chi connectivity index (χ0v) is 23.3. The van der Waals surface area contributed by atoms with E-state index in [9.17, 15) is 0 Å². The van der Waals surface area contributed by atoms with Gasteiger partial charge in [-0.2, -0.15) is 0 Å². The van der Waals surface area contributed by atoms with Gasteiger partial charge in [0.2, 0.25) is 0 Å². The Labute approximate surface area is 215 Å². The van der Waals surface area contributed by atoms with Crippen LogP contribution >= 0.6 is 0 Å². The molecule has 0 saturated heterocycles. The first-order valence-corrected chi connectivity index (χ1v) is 14.1. The third kappa shape index (κ3) is 10.0. The normalized spacial score (nSPS) is 17.8. The molecule has 0 bridgehead atoms. The van der Waals surface area contributed by atoms with Crippen molar-refractivity contribution >= 4 is 0 Å². The summed E-state index contributed by atoms with van der Waals surface area (Å²) >= 11 is 0. The largest absolute Gasteiger partial charge is 0.493 e. The third-order valence-electron chi connectivity index (χ3n) is 7.10. The number of allylic oxidation sites excluding steroid dienone is 3. The predicted molar refractivity (Wildman–Crippen MR) is 151 cm³/mol. The average molecular weight is 485 g/mol. The van der Waals surface area contributed by atoms with Gasteiger partial charge >= 0.3 is 0 Å². The van der Waals surface area contributed by atoms with Crippen LogP contribution in [-0.4, -0.2) is 40.4 Å². The van der Waals surface area contributed by atoms with E-state index in [2.05, 4.69) is 56.2 Å². The molecule has 1 aliphatic rings. The number of hydrogen-bond acceptors (Lipinski definition) is 4. The van der Waals surface area contributed by atoms with E-state index in [1.807, 2.05) is 14.1 Å². The first-order valence-electron chi connectivity index (χ1n) is 14.1.